The first kappa shape index (κ1) is 15.2. The summed E-state index contributed by atoms with van der Waals surface area (Å²) < 4.78 is 11.0. The summed E-state index contributed by atoms with van der Waals surface area (Å²) in [6.07, 6.45) is 3.90. The van der Waals surface area contributed by atoms with Crippen LogP contribution >= 0.6 is 11.6 Å². The molecular weight excluding hydrogens is 332 g/mol. The highest BCUT2D eigenvalue weighted by atomic mass is 35.5. The summed E-state index contributed by atoms with van der Waals surface area (Å²) in [6, 6.07) is 7.18. The number of nitrogens with zero attached hydrogens (tertiary/aromatic N) is 2. The van der Waals surface area contributed by atoms with Crippen LogP contribution in [0.3, 0.4) is 0 Å². The summed E-state index contributed by atoms with van der Waals surface area (Å²) in [4.78, 5) is 29.9. The fraction of sp³-hybridized carbons (Fsp3) is 0.353. The van der Waals surface area contributed by atoms with Crippen LogP contribution in [0.1, 0.15) is 31.6 Å². The summed E-state index contributed by atoms with van der Waals surface area (Å²) in [5, 5.41) is 0.590. The minimum atomic E-state index is -0.959. The summed E-state index contributed by atoms with van der Waals surface area (Å²) in [5.41, 5.74) is -0.178. The topological polar surface area (TPSA) is 72.6 Å². The monoisotopic (exact) mass is 346 g/mol. The van der Waals surface area contributed by atoms with Gasteiger partial charge in [-0.15, -0.1) is 0 Å². The molecule has 2 aromatic rings. The van der Waals surface area contributed by atoms with Crippen LogP contribution in [-0.4, -0.2) is 27.5 Å². The Bertz CT molecular complexity index is 810. The number of halogens is 1. The number of oxazole rings is 1. The van der Waals surface area contributed by atoms with Gasteiger partial charge < -0.3 is 9.15 Å². The molecule has 7 heteroatoms. The largest absolute Gasteiger partial charge is 0.439 e. The third kappa shape index (κ3) is 2.47. The Kier molecular flexibility index (Phi) is 3.57. The minimum Gasteiger partial charge on any atom is -0.439 e. The number of carbonyl (C=O) groups excluding carboxylic acids is 2. The van der Waals surface area contributed by atoms with Gasteiger partial charge in [-0.1, -0.05) is 23.7 Å². The van der Waals surface area contributed by atoms with Crippen LogP contribution in [-0.2, 0) is 16.1 Å². The van der Waals surface area contributed by atoms with Crippen molar-refractivity contribution in [2.24, 2.45) is 0 Å². The SMILES string of the molecule is O=C1OC2(CCCC2)C(=O)N1Cc1ncc(-c2cccc(Cl)c2)o1. The van der Waals surface area contributed by atoms with E-state index in [-0.39, 0.29) is 18.3 Å². The second-order valence-corrected chi connectivity index (χ2v) is 6.53. The van der Waals surface area contributed by atoms with Crippen molar-refractivity contribution in [3.8, 4) is 11.3 Å². The van der Waals surface area contributed by atoms with Crippen molar-refractivity contribution in [1.82, 2.24) is 9.88 Å². The normalized spacial score (nSPS) is 19.3. The Morgan fingerprint density at radius 3 is 2.79 bits per heavy atom. The Hall–Kier alpha value is -2.34. The average molecular weight is 347 g/mol. The lowest BCUT2D eigenvalue weighted by Crippen LogP contribution is -2.38. The van der Waals surface area contributed by atoms with Crippen molar-refractivity contribution in [3.05, 3.63) is 41.4 Å². The van der Waals surface area contributed by atoms with Gasteiger partial charge >= 0.3 is 6.09 Å². The Labute approximate surface area is 143 Å². The zero-order valence-corrected chi connectivity index (χ0v) is 13.6. The lowest BCUT2D eigenvalue weighted by atomic mass is 10.0. The van der Waals surface area contributed by atoms with Crippen LogP contribution in [0.15, 0.2) is 34.9 Å². The van der Waals surface area contributed by atoms with Gasteiger partial charge in [-0.3, -0.25) is 4.79 Å². The van der Waals surface area contributed by atoms with Crippen LogP contribution in [0.5, 0.6) is 0 Å². The lowest BCUT2D eigenvalue weighted by Gasteiger charge is -2.17. The number of hydrogen-bond acceptors (Lipinski definition) is 5. The lowest BCUT2D eigenvalue weighted by molar-refractivity contribution is -0.137. The number of imide groups is 1. The Morgan fingerprint density at radius 2 is 2.04 bits per heavy atom. The molecule has 1 saturated heterocycles. The van der Waals surface area contributed by atoms with Gasteiger partial charge in [-0.2, -0.15) is 0 Å². The third-order valence-corrected chi connectivity index (χ3v) is 4.74. The number of amides is 2. The van der Waals surface area contributed by atoms with E-state index in [0.717, 1.165) is 23.3 Å². The first-order valence-corrected chi connectivity index (χ1v) is 8.21. The molecule has 6 nitrogen and oxygen atoms in total. The Morgan fingerprint density at radius 1 is 1.25 bits per heavy atom. The third-order valence-electron chi connectivity index (χ3n) is 4.51. The van der Waals surface area contributed by atoms with E-state index in [1.54, 1.807) is 18.3 Å². The van der Waals surface area contributed by atoms with Gasteiger partial charge in [-0.25, -0.2) is 14.7 Å². The molecule has 2 fully saturated rings. The summed E-state index contributed by atoms with van der Waals surface area (Å²) >= 11 is 5.97. The predicted molar refractivity (Wildman–Crippen MR) is 85.2 cm³/mol. The zero-order chi connectivity index (χ0) is 16.7. The molecule has 0 radical (unpaired) electrons. The molecular formula is C17H15ClN2O4. The van der Waals surface area contributed by atoms with E-state index in [2.05, 4.69) is 4.98 Å². The standard InChI is InChI=1S/C17H15ClN2O4/c18-12-5-3-4-11(8-12)13-9-19-14(23-13)10-20-15(21)17(24-16(20)22)6-1-2-7-17/h3-5,8-9H,1-2,6-7,10H2. The average Bonchev–Trinajstić information content (AvgIpc) is 3.26. The van der Waals surface area contributed by atoms with Gasteiger partial charge in [0.05, 0.1) is 6.20 Å². The highest BCUT2D eigenvalue weighted by Gasteiger charge is 2.55. The van der Waals surface area contributed by atoms with E-state index in [1.165, 1.54) is 0 Å². The van der Waals surface area contributed by atoms with E-state index >= 15 is 0 Å². The molecule has 2 heterocycles. The molecule has 0 bridgehead atoms. The van der Waals surface area contributed by atoms with Crippen molar-refractivity contribution in [3.63, 3.8) is 0 Å². The molecule has 1 saturated carbocycles. The van der Waals surface area contributed by atoms with Crippen LogP contribution in [0.4, 0.5) is 4.79 Å². The van der Waals surface area contributed by atoms with Crippen molar-refractivity contribution in [1.29, 1.82) is 0 Å². The molecule has 24 heavy (non-hydrogen) atoms. The Balaban J connectivity index is 1.54. The molecule has 1 aliphatic carbocycles. The highest BCUT2D eigenvalue weighted by Crippen LogP contribution is 2.40. The number of ether oxygens (including phenoxy) is 1. The van der Waals surface area contributed by atoms with Crippen molar-refractivity contribution < 1.29 is 18.7 Å². The number of rotatable bonds is 3. The van der Waals surface area contributed by atoms with Gasteiger partial charge in [-0.05, 0) is 37.8 Å². The number of hydrogen-bond donors (Lipinski definition) is 0. The maximum Gasteiger partial charge on any atom is 0.418 e. The molecule has 2 aliphatic rings. The second kappa shape index (κ2) is 5.63. The van der Waals surface area contributed by atoms with E-state index in [0.29, 0.717) is 23.6 Å². The predicted octanol–water partition coefficient (Wildman–Crippen LogP) is 3.79. The smallest absolute Gasteiger partial charge is 0.418 e. The van der Waals surface area contributed by atoms with E-state index in [4.69, 9.17) is 20.8 Å². The van der Waals surface area contributed by atoms with Gasteiger partial charge in [0, 0.05) is 10.6 Å². The maximum atomic E-state index is 12.6. The van der Waals surface area contributed by atoms with Crippen LogP contribution in [0, 0.1) is 0 Å². The van der Waals surface area contributed by atoms with Gasteiger partial charge in [0.1, 0.15) is 6.54 Å². The van der Waals surface area contributed by atoms with Gasteiger partial charge in [0.2, 0.25) is 5.89 Å². The molecule has 1 aliphatic heterocycles. The molecule has 4 rings (SSSR count). The molecule has 0 unspecified atom stereocenters. The molecule has 1 spiro atoms. The molecule has 0 atom stereocenters. The van der Waals surface area contributed by atoms with E-state index < -0.39 is 11.7 Å². The first-order valence-electron chi connectivity index (χ1n) is 7.83. The van der Waals surface area contributed by atoms with Crippen molar-refractivity contribution >= 4 is 23.6 Å². The number of benzene rings is 1. The van der Waals surface area contributed by atoms with Crippen LogP contribution in [0.2, 0.25) is 5.02 Å². The van der Waals surface area contributed by atoms with E-state index in [1.807, 2.05) is 12.1 Å². The van der Waals surface area contributed by atoms with E-state index in [9.17, 15) is 9.59 Å². The van der Waals surface area contributed by atoms with Gasteiger partial charge in [0.15, 0.2) is 11.4 Å². The molecule has 1 aromatic carbocycles. The molecule has 0 N–H and O–H groups in total. The maximum absolute atomic E-state index is 12.6. The summed E-state index contributed by atoms with van der Waals surface area (Å²) in [5.74, 6) is 0.529. The summed E-state index contributed by atoms with van der Waals surface area (Å²) in [6.45, 7) is -0.0278. The fourth-order valence-electron chi connectivity index (χ4n) is 3.29. The van der Waals surface area contributed by atoms with Crippen molar-refractivity contribution in [2.75, 3.05) is 0 Å². The second-order valence-electron chi connectivity index (χ2n) is 6.09. The number of carbonyl (C=O) groups is 2. The summed E-state index contributed by atoms with van der Waals surface area (Å²) in [7, 11) is 0. The van der Waals surface area contributed by atoms with Gasteiger partial charge in [0.25, 0.3) is 5.91 Å². The molecule has 1 aromatic heterocycles. The fourth-order valence-corrected chi connectivity index (χ4v) is 3.48. The zero-order valence-electron chi connectivity index (χ0n) is 12.8. The minimum absolute atomic E-state index is 0.0278. The van der Waals surface area contributed by atoms with Crippen LogP contribution in [0.25, 0.3) is 11.3 Å². The highest BCUT2D eigenvalue weighted by molar-refractivity contribution is 6.30. The van der Waals surface area contributed by atoms with Crippen molar-refractivity contribution in [2.45, 2.75) is 37.8 Å². The number of aromatic nitrogens is 1. The molecule has 2 amide bonds. The molecule has 124 valence electrons. The first-order chi connectivity index (χ1) is 11.6. The van der Waals surface area contributed by atoms with Crippen LogP contribution < -0.4 is 0 Å². The quantitative estimate of drug-likeness (QED) is 0.845.